The van der Waals surface area contributed by atoms with Crippen molar-refractivity contribution in [1.82, 2.24) is 4.57 Å². The van der Waals surface area contributed by atoms with Crippen LogP contribution in [0.1, 0.15) is 10.4 Å². The van der Waals surface area contributed by atoms with Crippen molar-refractivity contribution in [1.29, 1.82) is 0 Å². The fourth-order valence-electron chi connectivity index (χ4n) is 2.28. The van der Waals surface area contributed by atoms with Gasteiger partial charge in [-0.1, -0.05) is 0 Å². The third-order valence-electron chi connectivity index (χ3n) is 3.44. The van der Waals surface area contributed by atoms with E-state index in [1.165, 1.54) is 10.6 Å². The number of aryl methyl sites for hydroxylation is 1. The Morgan fingerprint density at radius 2 is 2.10 bits per heavy atom. The number of thioether (sulfide) groups is 1. The van der Waals surface area contributed by atoms with Crippen LogP contribution in [-0.2, 0) is 7.05 Å². The summed E-state index contributed by atoms with van der Waals surface area (Å²) < 4.78 is 1.44. The molecule has 6 heteroatoms. The van der Waals surface area contributed by atoms with Crippen LogP contribution in [0.2, 0.25) is 0 Å². The molecule has 0 aliphatic carbocycles. The van der Waals surface area contributed by atoms with Gasteiger partial charge >= 0.3 is 0 Å². The first-order valence-corrected chi connectivity index (χ1v) is 7.56. The van der Waals surface area contributed by atoms with Crippen molar-refractivity contribution in [3.8, 4) is 0 Å². The molecule has 5 nitrogen and oxygen atoms in total. The lowest BCUT2D eigenvalue weighted by Crippen LogP contribution is -2.36. The Kier molecular flexibility index (Phi) is 3.47. The summed E-state index contributed by atoms with van der Waals surface area (Å²) in [7, 11) is 1.66. The van der Waals surface area contributed by atoms with Crippen LogP contribution in [0.4, 0.5) is 11.4 Å². The fourth-order valence-corrected chi connectivity index (χ4v) is 3.26. The predicted octanol–water partition coefficient (Wildman–Crippen LogP) is 1.72. The average molecular weight is 301 g/mol. The van der Waals surface area contributed by atoms with Gasteiger partial charge in [-0.2, -0.15) is 0 Å². The molecule has 2 heterocycles. The standard InChI is InChI=1S/C15H15N3O2S/c1-17-5-4-10(8-14(17)19)15(20)18-6-7-21-13-3-2-11(16)9-12(13)18/h2-5,8-9H,6-7,16H2,1H3. The van der Waals surface area contributed by atoms with E-state index in [2.05, 4.69) is 0 Å². The summed E-state index contributed by atoms with van der Waals surface area (Å²) >= 11 is 1.70. The first-order chi connectivity index (χ1) is 10.1. The molecule has 3 rings (SSSR count). The lowest BCUT2D eigenvalue weighted by atomic mass is 10.2. The number of carbonyl (C=O) groups is 1. The Balaban J connectivity index is 2.01. The molecule has 0 atom stereocenters. The molecule has 0 bridgehead atoms. The number of rotatable bonds is 1. The number of hydrogen-bond acceptors (Lipinski definition) is 4. The Bertz CT molecular complexity index is 770. The van der Waals surface area contributed by atoms with Gasteiger partial charge in [0.15, 0.2) is 0 Å². The van der Waals surface area contributed by atoms with Gasteiger partial charge in [0.2, 0.25) is 0 Å². The average Bonchev–Trinajstić information content (AvgIpc) is 2.48. The largest absolute Gasteiger partial charge is 0.399 e. The van der Waals surface area contributed by atoms with Crippen molar-refractivity contribution >= 4 is 29.0 Å². The van der Waals surface area contributed by atoms with E-state index < -0.39 is 0 Å². The monoisotopic (exact) mass is 301 g/mol. The third-order valence-corrected chi connectivity index (χ3v) is 4.49. The van der Waals surface area contributed by atoms with Crippen molar-refractivity contribution < 1.29 is 4.79 Å². The van der Waals surface area contributed by atoms with Crippen LogP contribution in [0.15, 0.2) is 46.2 Å². The number of nitrogen functional groups attached to an aromatic ring is 1. The van der Waals surface area contributed by atoms with Crippen LogP contribution >= 0.6 is 11.8 Å². The maximum absolute atomic E-state index is 12.7. The Morgan fingerprint density at radius 1 is 1.29 bits per heavy atom. The lowest BCUT2D eigenvalue weighted by Gasteiger charge is -2.29. The van der Waals surface area contributed by atoms with E-state index in [9.17, 15) is 9.59 Å². The lowest BCUT2D eigenvalue weighted by molar-refractivity contribution is 0.0987. The van der Waals surface area contributed by atoms with E-state index in [0.29, 0.717) is 17.8 Å². The molecular weight excluding hydrogens is 286 g/mol. The number of aromatic nitrogens is 1. The summed E-state index contributed by atoms with van der Waals surface area (Å²) in [5.41, 5.74) is 7.47. The number of amides is 1. The molecule has 1 aromatic carbocycles. The van der Waals surface area contributed by atoms with Gasteiger partial charge in [0.05, 0.1) is 5.69 Å². The number of nitrogens with zero attached hydrogens (tertiary/aromatic N) is 2. The van der Waals surface area contributed by atoms with Crippen LogP contribution in [0.5, 0.6) is 0 Å². The van der Waals surface area contributed by atoms with Gasteiger partial charge < -0.3 is 15.2 Å². The first kappa shape index (κ1) is 13.8. The number of hydrogen-bond donors (Lipinski definition) is 1. The molecule has 21 heavy (non-hydrogen) atoms. The van der Waals surface area contributed by atoms with E-state index in [0.717, 1.165) is 16.3 Å². The third kappa shape index (κ3) is 2.54. The molecule has 108 valence electrons. The fraction of sp³-hybridized carbons (Fsp3) is 0.200. The molecular formula is C15H15N3O2S. The minimum absolute atomic E-state index is 0.167. The number of pyridine rings is 1. The summed E-state index contributed by atoms with van der Waals surface area (Å²) in [4.78, 5) is 27.1. The molecule has 1 aromatic heterocycles. The number of anilines is 2. The minimum Gasteiger partial charge on any atom is -0.399 e. The minimum atomic E-state index is -0.194. The normalized spacial score (nSPS) is 13.9. The molecule has 0 spiro atoms. The molecule has 1 aliphatic heterocycles. The summed E-state index contributed by atoms with van der Waals surface area (Å²) in [5.74, 6) is 0.660. The highest BCUT2D eigenvalue weighted by molar-refractivity contribution is 7.99. The molecule has 0 fully saturated rings. The van der Waals surface area contributed by atoms with Crippen LogP contribution < -0.4 is 16.2 Å². The number of carbonyl (C=O) groups excluding carboxylic acids is 1. The van der Waals surface area contributed by atoms with E-state index in [4.69, 9.17) is 5.73 Å². The molecule has 0 radical (unpaired) electrons. The van der Waals surface area contributed by atoms with Crippen molar-refractivity contribution in [3.63, 3.8) is 0 Å². The van der Waals surface area contributed by atoms with Crippen LogP contribution in [-0.4, -0.2) is 22.8 Å². The highest BCUT2D eigenvalue weighted by Gasteiger charge is 2.24. The molecule has 0 unspecified atom stereocenters. The quantitative estimate of drug-likeness (QED) is 0.814. The highest BCUT2D eigenvalue weighted by Crippen LogP contribution is 2.36. The molecule has 1 amide bonds. The van der Waals surface area contributed by atoms with Crippen molar-refractivity contribution in [3.05, 3.63) is 52.4 Å². The highest BCUT2D eigenvalue weighted by atomic mass is 32.2. The summed E-state index contributed by atoms with van der Waals surface area (Å²) in [6.07, 6.45) is 1.61. The molecule has 2 aromatic rings. The van der Waals surface area contributed by atoms with E-state index in [1.54, 1.807) is 42.0 Å². The molecule has 0 saturated heterocycles. The van der Waals surface area contributed by atoms with Gasteiger partial charge in [0, 0.05) is 47.8 Å². The Hall–Kier alpha value is -2.21. The van der Waals surface area contributed by atoms with Gasteiger partial charge in [-0.3, -0.25) is 9.59 Å². The topological polar surface area (TPSA) is 68.3 Å². The maximum Gasteiger partial charge on any atom is 0.258 e. The van der Waals surface area contributed by atoms with E-state index in [-0.39, 0.29) is 11.5 Å². The number of nitrogens with two attached hydrogens (primary N) is 1. The second-order valence-corrected chi connectivity index (χ2v) is 6.03. The van der Waals surface area contributed by atoms with Gasteiger partial charge in [-0.05, 0) is 24.3 Å². The van der Waals surface area contributed by atoms with E-state index >= 15 is 0 Å². The van der Waals surface area contributed by atoms with Crippen LogP contribution in [0.25, 0.3) is 0 Å². The number of benzene rings is 1. The first-order valence-electron chi connectivity index (χ1n) is 6.57. The van der Waals surface area contributed by atoms with Crippen molar-refractivity contribution in [2.75, 3.05) is 22.9 Å². The summed E-state index contributed by atoms with van der Waals surface area (Å²) in [6, 6.07) is 8.60. The van der Waals surface area contributed by atoms with Crippen LogP contribution in [0, 0.1) is 0 Å². The molecule has 0 saturated carbocycles. The Labute approximate surface area is 126 Å². The maximum atomic E-state index is 12.7. The zero-order chi connectivity index (χ0) is 15.0. The summed E-state index contributed by atoms with van der Waals surface area (Å²) in [6.45, 7) is 0.606. The van der Waals surface area contributed by atoms with Gasteiger partial charge in [0.25, 0.3) is 11.5 Å². The smallest absolute Gasteiger partial charge is 0.258 e. The second kappa shape index (κ2) is 5.29. The number of fused-ring (bicyclic) bond motifs is 1. The zero-order valence-corrected chi connectivity index (χ0v) is 12.4. The molecule has 2 N–H and O–H groups in total. The zero-order valence-electron chi connectivity index (χ0n) is 11.6. The van der Waals surface area contributed by atoms with Gasteiger partial charge in [-0.15, -0.1) is 11.8 Å². The van der Waals surface area contributed by atoms with Crippen LogP contribution in [0.3, 0.4) is 0 Å². The van der Waals surface area contributed by atoms with Gasteiger partial charge in [-0.25, -0.2) is 0 Å². The van der Waals surface area contributed by atoms with Gasteiger partial charge in [0.1, 0.15) is 0 Å². The Morgan fingerprint density at radius 3 is 2.86 bits per heavy atom. The predicted molar refractivity (Wildman–Crippen MR) is 84.9 cm³/mol. The summed E-state index contributed by atoms with van der Waals surface area (Å²) in [5, 5.41) is 0. The molecule has 1 aliphatic rings. The van der Waals surface area contributed by atoms with Crippen molar-refractivity contribution in [2.45, 2.75) is 4.90 Å². The van der Waals surface area contributed by atoms with Crippen molar-refractivity contribution in [2.24, 2.45) is 7.05 Å². The second-order valence-electron chi connectivity index (χ2n) is 4.90. The SMILES string of the molecule is Cn1ccc(C(=O)N2CCSc3ccc(N)cc32)cc1=O. The van der Waals surface area contributed by atoms with E-state index in [1.807, 2.05) is 12.1 Å².